The van der Waals surface area contributed by atoms with Crippen LogP contribution in [-0.2, 0) is 18.3 Å². The van der Waals surface area contributed by atoms with Gasteiger partial charge in [-0.15, -0.1) is 0 Å². The lowest BCUT2D eigenvalue weighted by molar-refractivity contribution is 0.171. The van der Waals surface area contributed by atoms with Crippen molar-refractivity contribution in [2.45, 2.75) is 19.9 Å². The molecule has 0 atom stereocenters. The molecule has 0 saturated heterocycles. The summed E-state index contributed by atoms with van der Waals surface area (Å²) in [6, 6.07) is 11.7. The highest BCUT2D eigenvalue weighted by Gasteiger charge is 2.15. The number of amides is 2. The van der Waals surface area contributed by atoms with E-state index in [1.807, 2.05) is 66.0 Å². The fraction of sp³-hybridized carbons (Fsp3) is 0.389. The number of anilines is 1. The molecule has 0 aliphatic heterocycles. The van der Waals surface area contributed by atoms with Crippen molar-refractivity contribution in [3.8, 4) is 0 Å². The van der Waals surface area contributed by atoms with Gasteiger partial charge >= 0.3 is 6.03 Å². The average molecular weight is 315 g/mol. The van der Waals surface area contributed by atoms with Crippen LogP contribution in [0.5, 0.6) is 0 Å². The van der Waals surface area contributed by atoms with Crippen molar-refractivity contribution in [2.24, 2.45) is 7.05 Å². The minimum atomic E-state index is -0.0915. The van der Waals surface area contributed by atoms with Crippen LogP contribution in [-0.4, -0.2) is 35.8 Å². The number of methoxy groups -OCH3 is 1. The Balaban J connectivity index is 2.03. The average Bonchev–Trinajstić information content (AvgIpc) is 2.94. The van der Waals surface area contributed by atoms with Gasteiger partial charge in [-0.2, -0.15) is 0 Å². The summed E-state index contributed by atoms with van der Waals surface area (Å²) in [6.07, 6.45) is 2.79. The molecule has 0 saturated carbocycles. The van der Waals surface area contributed by atoms with Crippen LogP contribution in [0.1, 0.15) is 17.7 Å². The quantitative estimate of drug-likeness (QED) is 0.796. The van der Waals surface area contributed by atoms with Gasteiger partial charge in [-0.1, -0.05) is 17.7 Å². The van der Waals surface area contributed by atoms with Crippen molar-refractivity contribution in [1.29, 1.82) is 0 Å². The molecule has 1 aromatic heterocycles. The summed E-state index contributed by atoms with van der Waals surface area (Å²) in [7, 11) is 3.66. The van der Waals surface area contributed by atoms with Crippen LogP contribution in [0, 0.1) is 6.92 Å². The number of carbonyl (C=O) groups excluding carboxylic acids is 1. The van der Waals surface area contributed by atoms with Gasteiger partial charge in [0.15, 0.2) is 0 Å². The van der Waals surface area contributed by atoms with E-state index in [1.54, 1.807) is 7.11 Å². The van der Waals surface area contributed by atoms with E-state index < -0.39 is 0 Å². The summed E-state index contributed by atoms with van der Waals surface area (Å²) < 4.78 is 7.13. The fourth-order valence-corrected chi connectivity index (χ4v) is 2.35. The number of hydrogen-bond acceptors (Lipinski definition) is 2. The Morgan fingerprint density at radius 1 is 1.26 bits per heavy atom. The zero-order valence-electron chi connectivity index (χ0n) is 14.1. The van der Waals surface area contributed by atoms with Gasteiger partial charge in [0.05, 0.1) is 6.54 Å². The molecule has 1 N–H and O–H groups in total. The molecule has 5 heteroatoms. The molecule has 0 radical (unpaired) electrons. The number of rotatable bonds is 7. The number of aryl methyl sites for hydroxylation is 2. The summed E-state index contributed by atoms with van der Waals surface area (Å²) in [5, 5.41) is 2.96. The first-order valence-electron chi connectivity index (χ1n) is 7.82. The Morgan fingerprint density at radius 2 is 2.00 bits per heavy atom. The predicted molar refractivity (Wildman–Crippen MR) is 92.5 cm³/mol. The van der Waals surface area contributed by atoms with Crippen molar-refractivity contribution in [2.75, 3.05) is 25.6 Å². The number of carbonyl (C=O) groups is 1. The van der Waals surface area contributed by atoms with Crippen molar-refractivity contribution in [1.82, 2.24) is 9.47 Å². The smallest absolute Gasteiger partial charge is 0.322 e. The van der Waals surface area contributed by atoms with Gasteiger partial charge in [0.1, 0.15) is 0 Å². The fourth-order valence-electron chi connectivity index (χ4n) is 2.35. The first-order chi connectivity index (χ1) is 11.1. The number of urea groups is 1. The molecule has 2 rings (SSSR count). The zero-order chi connectivity index (χ0) is 16.7. The third-order valence-electron chi connectivity index (χ3n) is 3.77. The molecule has 1 heterocycles. The van der Waals surface area contributed by atoms with Crippen LogP contribution >= 0.6 is 0 Å². The number of nitrogens with one attached hydrogen (secondary N) is 1. The topological polar surface area (TPSA) is 46.5 Å². The highest BCUT2D eigenvalue weighted by atomic mass is 16.5. The Labute approximate surface area is 137 Å². The van der Waals surface area contributed by atoms with Gasteiger partial charge < -0.3 is 19.5 Å². The molecule has 0 bridgehead atoms. The highest BCUT2D eigenvalue weighted by molar-refractivity contribution is 5.89. The lowest BCUT2D eigenvalue weighted by Crippen LogP contribution is -2.36. The lowest BCUT2D eigenvalue weighted by Gasteiger charge is -2.23. The zero-order valence-corrected chi connectivity index (χ0v) is 14.1. The minimum Gasteiger partial charge on any atom is -0.385 e. The molecule has 1 aromatic carbocycles. The molecule has 2 aromatic rings. The van der Waals surface area contributed by atoms with Crippen LogP contribution < -0.4 is 5.32 Å². The van der Waals surface area contributed by atoms with E-state index in [2.05, 4.69) is 5.32 Å². The first kappa shape index (κ1) is 17.1. The van der Waals surface area contributed by atoms with Crippen LogP contribution in [0.15, 0.2) is 42.6 Å². The van der Waals surface area contributed by atoms with E-state index in [0.717, 1.165) is 17.8 Å². The molecule has 0 aliphatic carbocycles. The van der Waals surface area contributed by atoms with Crippen LogP contribution in [0.25, 0.3) is 0 Å². The molecule has 0 fully saturated rings. The van der Waals surface area contributed by atoms with E-state index in [1.165, 1.54) is 5.56 Å². The van der Waals surface area contributed by atoms with Crippen molar-refractivity contribution in [3.05, 3.63) is 53.9 Å². The van der Waals surface area contributed by atoms with Crippen molar-refractivity contribution in [3.63, 3.8) is 0 Å². The maximum absolute atomic E-state index is 12.6. The van der Waals surface area contributed by atoms with Crippen LogP contribution in [0.4, 0.5) is 10.5 Å². The molecular weight excluding hydrogens is 290 g/mol. The third-order valence-corrected chi connectivity index (χ3v) is 3.77. The van der Waals surface area contributed by atoms with Gasteiger partial charge in [-0.3, -0.25) is 0 Å². The second-order valence-corrected chi connectivity index (χ2v) is 5.67. The van der Waals surface area contributed by atoms with Gasteiger partial charge in [-0.05, 0) is 37.6 Å². The Hall–Kier alpha value is -2.27. The second kappa shape index (κ2) is 8.39. The summed E-state index contributed by atoms with van der Waals surface area (Å²) in [6.45, 7) is 3.89. The van der Waals surface area contributed by atoms with E-state index in [-0.39, 0.29) is 6.03 Å². The van der Waals surface area contributed by atoms with Gasteiger partial charge in [-0.25, -0.2) is 4.79 Å². The first-order valence-corrected chi connectivity index (χ1v) is 7.82. The molecule has 2 amide bonds. The number of ether oxygens (including phenoxy) is 1. The summed E-state index contributed by atoms with van der Waals surface area (Å²) in [5.41, 5.74) is 3.08. The van der Waals surface area contributed by atoms with E-state index in [9.17, 15) is 4.79 Å². The summed E-state index contributed by atoms with van der Waals surface area (Å²) in [5.74, 6) is 0. The van der Waals surface area contributed by atoms with Crippen LogP contribution in [0.2, 0.25) is 0 Å². The highest BCUT2D eigenvalue weighted by Crippen LogP contribution is 2.12. The van der Waals surface area contributed by atoms with E-state index in [0.29, 0.717) is 19.7 Å². The Kier molecular flexibility index (Phi) is 6.23. The number of hydrogen-bond donors (Lipinski definition) is 1. The molecule has 23 heavy (non-hydrogen) atoms. The van der Waals surface area contributed by atoms with Gasteiger partial charge in [0, 0.05) is 44.9 Å². The maximum Gasteiger partial charge on any atom is 0.322 e. The van der Waals surface area contributed by atoms with Crippen molar-refractivity contribution < 1.29 is 9.53 Å². The molecule has 0 spiro atoms. The number of nitrogens with zero attached hydrogens (tertiary/aromatic N) is 2. The normalized spacial score (nSPS) is 10.6. The van der Waals surface area contributed by atoms with Crippen molar-refractivity contribution >= 4 is 11.7 Å². The summed E-state index contributed by atoms with van der Waals surface area (Å²) in [4.78, 5) is 14.4. The molecule has 0 unspecified atom stereocenters. The maximum atomic E-state index is 12.6. The number of aromatic nitrogens is 1. The van der Waals surface area contributed by atoms with Gasteiger partial charge in [0.25, 0.3) is 0 Å². The number of benzene rings is 1. The van der Waals surface area contributed by atoms with Crippen LogP contribution in [0.3, 0.4) is 0 Å². The molecule has 0 aliphatic rings. The largest absolute Gasteiger partial charge is 0.385 e. The predicted octanol–water partition coefficient (Wildman–Crippen LogP) is 3.40. The Bertz CT molecular complexity index is 619. The van der Waals surface area contributed by atoms with E-state index in [4.69, 9.17) is 4.74 Å². The standard InChI is InChI=1S/C18H25N3O2/c1-15-7-9-16(10-8-15)19-18(22)21(12-5-13-23-3)14-17-6-4-11-20(17)2/h4,6-11H,5,12-14H2,1-3H3,(H,19,22). The molecular formula is C18H25N3O2. The molecule has 5 nitrogen and oxygen atoms in total. The SMILES string of the molecule is COCCCN(Cc1cccn1C)C(=O)Nc1ccc(C)cc1. The third kappa shape index (κ3) is 5.14. The van der Waals surface area contributed by atoms with E-state index >= 15 is 0 Å². The monoisotopic (exact) mass is 315 g/mol. The molecule has 124 valence electrons. The minimum absolute atomic E-state index is 0.0915. The summed E-state index contributed by atoms with van der Waals surface area (Å²) >= 11 is 0. The second-order valence-electron chi connectivity index (χ2n) is 5.67. The Morgan fingerprint density at radius 3 is 2.61 bits per heavy atom. The lowest BCUT2D eigenvalue weighted by atomic mass is 10.2. The van der Waals surface area contributed by atoms with Gasteiger partial charge in [0.2, 0.25) is 0 Å².